The number of aryl methyl sites for hydroxylation is 1. The molecular formula is C19H18F2N4O2. The standard InChI is InChI=1S/C19H18F2N4O2/c1-25-17(7-8-23-25)14-10-13(4-6-18(14)27-2)24-19(26)11-22-16-5-3-12(20)9-15(16)21/h3-10,22H,11H2,1-2H3,(H,24,26). The molecule has 8 heteroatoms. The van der Waals surface area contributed by atoms with Crippen molar-refractivity contribution in [2.75, 3.05) is 24.3 Å². The van der Waals surface area contributed by atoms with Gasteiger partial charge in [0.25, 0.3) is 0 Å². The van der Waals surface area contributed by atoms with Crippen LogP contribution < -0.4 is 15.4 Å². The second-order valence-electron chi connectivity index (χ2n) is 5.78. The van der Waals surface area contributed by atoms with Crippen molar-refractivity contribution in [3.05, 3.63) is 60.3 Å². The first-order valence-electron chi connectivity index (χ1n) is 8.13. The number of ether oxygens (including phenoxy) is 1. The van der Waals surface area contributed by atoms with Crippen LogP contribution in [0.1, 0.15) is 0 Å². The highest BCUT2D eigenvalue weighted by Gasteiger charge is 2.12. The minimum Gasteiger partial charge on any atom is -0.496 e. The number of methoxy groups -OCH3 is 1. The van der Waals surface area contributed by atoms with Gasteiger partial charge in [0.15, 0.2) is 0 Å². The first kappa shape index (κ1) is 18.4. The molecule has 27 heavy (non-hydrogen) atoms. The Morgan fingerprint density at radius 1 is 1.19 bits per heavy atom. The number of benzene rings is 2. The van der Waals surface area contributed by atoms with E-state index in [0.29, 0.717) is 11.4 Å². The van der Waals surface area contributed by atoms with Crippen LogP contribution in [0.3, 0.4) is 0 Å². The third kappa shape index (κ3) is 4.22. The molecule has 3 aromatic rings. The minimum atomic E-state index is -0.759. The third-order valence-corrected chi connectivity index (χ3v) is 3.95. The fourth-order valence-electron chi connectivity index (χ4n) is 2.64. The van der Waals surface area contributed by atoms with Crippen LogP contribution in [0, 0.1) is 11.6 Å². The van der Waals surface area contributed by atoms with Crippen LogP contribution in [0.2, 0.25) is 0 Å². The molecule has 0 aliphatic carbocycles. The SMILES string of the molecule is COc1ccc(NC(=O)CNc2ccc(F)cc2F)cc1-c1ccnn1C. The molecule has 1 aromatic heterocycles. The predicted molar refractivity (Wildman–Crippen MR) is 98.7 cm³/mol. The lowest BCUT2D eigenvalue weighted by Gasteiger charge is -2.13. The Kier molecular flexibility index (Phi) is 5.35. The summed E-state index contributed by atoms with van der Waals surface area (Å²) in [6, 6.07) is 10.2. The number of rotatable bonds is 6. The minimum absolute atomic E-state index is 0.0526. The lowest BCUT2D eigenvalue weighted by molar-refractivity contribution is -0.114. The third-order valence-electron chi connectivity index (χ3n) is 3.95. The molecule has 1 heterocycles. The van der Waals surface area contributed by atoms with Crippen LogP contribution in [0.15, 0.2) is 48.7 Å². The van der Waals surface area contributed by atoms with Crippen LogP contribution in [-0.2, 0) is 11.8 Å². The largest absolute Gasteiger partial charge is 0.496 e. The maximum atomic E-state index is 13.6. The van der Waals surface area contributed by atoms with Crippen molar-refractivity contribution >= 4 is 17.3 Å². The summed E-state index contributed by atoms with van der Waals surface area (Å²) in [5.41, 5.74) is 2.21. The molecule has 0 bridgehead atoms. The van der Waals surface area contributed by atoms with E-state index in [2.05, 4.69) is 15.7 Å². The average Bonchev–Trinajstić information content (AvgIpc) is 3.06. The molecule has 0 atom stereocenters. The van der Waals surface area contributed by atoms with Crippen LogP contribution >= 0.6 is 0 Å². The Morgan fingerprint density at radius 2 is 2.00 bits per heavy atom. The predicted octanol–water partition coefficient (Wildman–Crippen LogP) is 3.42. The molecule has 6 nitrogen and oxygen atoms in total. The van der Waals surface area contributed by atoms with E-state index in [9.17, 15) is 13.6 Å². The molecule has 1 amide bonds. The maximum Gasteiger partial charge on any atom is 0.243 e. The second-order valence-corrected chi connectivity index (χ2v) is 5.78. The number of amides is 1. The highest BCUT2D eigenvalue weighted by atomic mass is 19.1. The summed E-state index contributed by atoms with van der Waals surface area (Å²) < 4.78 is 33.6. The van der Waals surface area contributed by atoms with Gasteiger partial charge in [-0.25, -0.2) is 8.78 Å². The van der Waals surface area contributed by atoms with E-state index in [4.69, 9.17) is 4.74 Å². The topological polar surface area (TPSA) is 68.2 Å². The summed E-state index contributed by atoms with van der Waals surface area (Å²) in [4.78, 5) is 12.2. The van der Waals surface area contributed by atoms with Gasteiger partial charge in [-0.3, -0.25) is 9.48 Å². The Bertz CT molecular complexity index is 972. The molecule has 2 N–H and O–H groups in total. The van der Waals surface area contributed by atoms with Gasteiger partial charge in [-0.15, -0.1) is 0 Å². The van der Waals surface area contributed by atoms with E-state index < -0.39 is 11.6 Å². The van der Waals surface area contributed by atoms with Crippen molar-refractivity contribution in [3.8, 4) is 17.0 Å². The lowest BCUT2D eigenvalue weighted by atomic mass is 10.1. The van der Waals surface area contributed by atoms with Gasteiger partial charge in [-0.05, 0) is 36.4 Å². The molecular weight excluding hydrogens is 354 g/mol. The fourth-order valence-corrected chi connectivity index (χ4v) is 2.64. The van der Waals surface area contributed by atoms with Crippen molar-refractivity contribution < 1.29 is 18.3 Å². The van der Waals surface area contributed by atoms with Gasteiger partial charge < -0.3 is 15.4 Å². The van der Waals surface area contributed by atoms with E-state index in [0.717, 1.165) is 23.4 Å². The molecule has 0 spiro atoms. The number of carbonyl (C=O) groups is 1. The van der Waals surface area contributed by atoms with Gasteiger partial charge in [-0.1, -0.05) is 0 Å². The number of hydrogen-bond donors (Lipinski definition) is 2. The van der Waals surface area contributed by atoms with Crippen molar-refractivity contribution in [2.45, 2.75) is 0 Å². The first-order chi connectivity index (χ1) is 13.0. The molecule has 0 aliphatic heterocycles. The molecule has 0 aliphatic rings. The van der Waals surface area contributed by atoms with Crippen LogP contribution in [0.25, 0.3) is 11.3 Å². The van der Waals surface area contributed by atoms with E-state index in [-0.39, 0.29) is 18.1 Å². The fraction of sp³-hybridized carbons (Fsp3) is 0.158. The van der Waals surface area contributed by atoms with E-state index in [1.54, 1.807) is 43.2 Å². The number of aromatic nitrogens is 2. The summed E-state index contributed by atoms with van der Waals surface area (Å²) in [6.45, 7) is -0.171. The summed E-state index contributed by atoms with van der Waals surface area (Å²) in [5.74, 6) is -1.17. The maximum absolute atomic E-state index is 13.6. The van der Waals surface area contributed by atoms with Crippen molar-refractivity contribution in [3.63, 3.8) is 0 Å². The Morgan fingerprint density at radius 3 is 2.67 bits per heavy atom. The van der Waals surface area contributed by atoms with E-state index >= 15 is 0 Å². The molecule has 2 aromatic carbocycles. The summed E-state index contributed by atoms with van der Waals surface area (Å²) >= 11 is 0. The Balaban J connectivity index is 1.71. The summed E-state index contributed by atoms with van der Waals surface area (Å²) in [7, 11) is 3.37. The smallest absolute Gasteiger partial charge is 0.243 e. The number of carbonyl (C=O) groups excluding carboxylic acids is 1. The molecule has 0 saturated heterocycles. The monoisotopic (exact) mass is 372 g/mol. The Labute approximate surface area is 154 Å². The van der Waals surface area contributed by atoms with Crippen LogP contribution in [0.5, 0.6) is 5.75 Å². The normalized spacial score (nSPS) is 10.5. The van der Waals surface area contributed by atoms with Crippen molar-refractivity contribution in [1.82, 2.24) is 9.78 Å². The lowest BCUT2D eigenvalue weighted by Crippen LogP contribution is -2.22. The van der Waals surface area contributed by atoms with Crippen molar-refractivity contribution in [2.24, 2.45) is 7.05 Å². The molecule has 3 rings (SSSR count). The second kappa shape index (κ2) is 7.86. The van der Waals surface area contributed by atoms with Gasteiger partial charge in [0.2, 0.25) is 5.91 Å². The van der Waals surface area contributed by atoms with Gasteiger partial charge in [0, 0.05) is 30.6 Å². The molecule has 0 fully saturated rings. The van der Waals surface area contributed by atoms with Crippen LogP contribution in [0.4, 0.5) is 20.2 Å². The Hall–Kier alpha value is -3.42. The average molecular weight is 372 g/mol. The van der Waals surface area contributed by atoms with E-state index in [1.807, 2.05) is 6.07 Å². The summed E-state index contributed by atoms with van der Waals surface area (Å²) in [6.07, 6.45) is 1.67. The number of anilines is 2. The van der Waals surface area contributed by atoms with E-state index in [1.165, 1.54) is 6.07 Å². The zero-order valence-corrected chi connectivity index (χ0v) is 14.8. The molecule has 140 valence electrons. The molecule has 0 unspecified atom stereocenters. The van der Waals surface area contributed by atoms with Gasteiger partial charge in [-0.2, -0.15) is 5.10 Å². The van der Waals surface area contributed by atoms with Gasteiger partial charge >= 0.3 is 0 Å². The first-order valence-corrected chi connectivity index (χ1v) is 8.13. The van der Waals surface area contributed by atoms with Crippen LogP contribution in [-0.4, -0.2) is 29.3 Å². The number of halogens is 2. The molecule has 0 radical (unpaired) electrons. The quantitative estimate of drug-likeness (QED) is 0.696. The zero-order valence-electron chi connectivity index (χ0n) is 14.8. The highest BCUT2D eigenvalue weighted by molar-refractivity contribution is 5.94. The number of nitrogens with one attached hydrogen (secondary N) is 2. The number of nitrogens with zero attached hydrogens (tertiary/aromatic N) is 2. The van der Waals surface area contributed by atoms with Gasteiger partial charge in [0.05, 0.1) is 25.0 Å². The summed E-state index contributed by atoms with van der Waals surface area (Å²) in [5, 5.41) is 9.51. The zero-order chi connectivity index (χ0) is 19.4. The highest BCUT2D eigenvalue weighted by Crippen LogP contribution is 2.32. The van der Waals surface area contributed by atoms with Gasteiger partial charge in [0.1, 0.15) is 17.4 Å². The number of hydrogen-bond acceptors (Lipinski definition) is 4. The van der Waals surface area contributed by atoms with Crippen molar-refractivity contribution in [1.29, 1.82) is 0 Å². The molecule has 0 saturated carbocycles.